The van der Waals surface area contributed by atoms with Crippen molar-refractivity contribution < 1.29 is 17.9 Å². The van der Waals surface area contributed by atoms with Gasteiger partial charge in [-0.1, -0.05) is 0 Å². The molecule has 0 aliphatic carbocycles. The van der Waals surface area contributed by atoms with Crippen LogP contribution in [0.5, 0.6) is 5.75 Å². The Kier molecular flexibility index (Phi) is 4.65. The van der Waals surface area contributed by atoms with E-state index in [1.165, 1.54) is 25.3 Å². The fourth-order valence-corrected chi connectivity index (χ4v) is 1.85. The third kappa shape index (κ3) is 3.69. The summed E-state index contributed by atoms with van der Waals surface area (Å²) in [6, 6.07) is 3.95. The van der Waals surface area contributed by atoms with E-state index in [4.69, 9.17) is 15.6 Å². The summed E-state index contributed by atoms with van der Waals surface area (Å²) in [6.45, 7) is 0.197. The van der Waals surface area contributed by atoms with Crippen molar-refractivity contribution >= 4 is 21.6 Å². The van der Waals surface area contributed by atoms with Gasteiger partial charge >= 0.3 is 0 Å². The minimum Gasteiger partial charge on any atom is -0.495 e. The summed E-state index contributed by atoms with van der Waals surface area (Å²) in [5.74, 6) is 0.00939. The molecule has 0 aliphatic rings. The van der Waals surface area contributed by atoms with E-state index in [2.05, 4.69) is 5.32 Å². The Morgan fingerprint density at radius 1 is 1.44 bits per heavy atom. The number of rotatable bonds is 5. The number of methoxy groups -OCH3 is 1. The number of benzene rings is 1. The lowest BCUT2D eigenvalue weighted by atomic mass is 10.2. The number of amides is 1. The Balaban J connectivity index is 3.11. The van der Waals surface area contributed by atoms with Gasteiger partial charge in [0, 0.05) is 13.0 Å². The van der Waals surface area contributed by atoms with Gasteiger partial charge in [0.25, 0.3) is 0 Å². The smallest absolute Gasteiger partial charge is 0.238 e. The average molecular weight is 273 g/mol. The Bertz CT molecular complexity index is 542. The van der Waals surface area contributed by atoms with Crippen molar-refractivity contribution in [2.45, 2.75) is 11.3 Å². The molecule has 0 unspecified atom stereocenters. The minimum absolute atomic E-state index is 0.105. The van der Waals surface area contributed by atoms with Crippen LogP contribution in [-0.4, -0.2) is 28.0 Å². The van der Waals surface area contributed by atoms with Crippen LogP contribution in [0, 0.1) is 0 Å². The van der Waals surface area contributed by atoms with Crippen LogP contribution in [0.3, 0.4) is 0 Å². The van der Waals surface area contributed by atoms with Crippen LogP contribution in [0.1, 0.15) is 6.42 Å². The molecule has 0 heterocycles. The number of carbonyl (C=O) groups is 1. The molecule has 0 saturated carbocycles. The number of nitrogens with two attached hydrogens (primary N) is 2. The fourth-order valence-electron chi connectivity index (χ4n) is 1.31. The quantitative estimate of drug-likeness (QED) is 0.675. The zero-order chi connectivity index (χ0) is 13.8. The molecule has 1 aromatic rings. The van der Waals surface area contributed by atoms with Gasteiger partial charge in [0.2, 0.25) is 15.9 Å². The number of hydrogen-bond acceptors (Lipinski definition) is 5. The minimum atomic E-state index is -3.83. The van der Waals surface area contributed by atoms with Gasteiger partial charge in [-0.2, -0.15) is 0 Å². The highest BCUT2D eigenvalue weighted by atomic mass is 32.2. The van der Waals surface area contributed by atoms with E-state index in [-0.39, 0.29) is 29.5 Å². The molecule has 18 heavy (non-hydrogen) atoms. The molecule has 1 amide bonds. The monoisotopic (exact) mass is 273 g/mol. The van der Waals surface area contributed by atoms with Crippen LogP contribution in [-0.2, 0) is 14.8 Å². The van der Waals surface area contributed by atoms with Gasteiger partial charge in [-0.3, -0.25) is 4.79 Å². The first-order valence-corrected chi connectivity index (χ1v) is 6.64. The van der Waals surface area contributed by atoms with Gasteiger partial charge in [0.1, 0.15) is 5.75 Å². The van der Waals surface area contributed by atoms with Gasteiger partial charge in [-0.25, -0.2) is 13.6 Å². The van der Waals surface area contributed by atoms with Gasteiger partial charge in [0.05, 0.1) is 17.7 Å². The zero-order valence-corrected chi connectivity index (χ0v) is 10.7. The van der Waals surface area contributed by atoms with Gasteiger partial charge in [-0.15, -0.1) is 0 Å². The van der Waals surface area contributed by atoms with Crippen molar-refractivity contribution in [3.05, 3.63) is 18.2 Å². The van der Waals surface area contributed by atoms with Crippen molar-refractivity contribution in [2.75, 3.05) is 19.0 Å². The Morgan fingerprint density at radius 2 is 2.11 bits per heavy atom. The summed E-state index contributed by atoms with van der Waals surface area (Å²) in [4.78, 5) is 11.3. The SMILES string of the molecule is COc1ccc(S(N)(=O)=O)cc1NC(=O)CCN. The lowest BCUT2D eigenvalue weighted by Gasteiger charge is -2.11. The predicted octanol–water partition coefficient (Wildman–Crippen LogP) is -0.370. The Labute approximate surface area is 105 Å². The molecule has 1 rings (SSSR count). The van der Waals surface area contributed by atoms with E-state index in [0.29, 0.717) is 5.75 Å². The Hall–Kier alpha value is -1.64. The van der Waals surface area contributed by atoms with Crippen LogP contribution in [0.2, 0.25) is 0 Å². The molecule has 5 N–H and O–H groups in total. The van der Waals surface area contributed by atoms with Crippen LogP contribution < -0.4 is 20.9 Å². The third-order valence-electron chi connectivity index (χ3n) is 2.14. The number of hydrogen-bond donors (Lipinski definition) is 3. The Morgan fingerprint density at radius 3 is 2.61 bits per heavy atom. The molecule has 0 atom stereocenters. The molecule has 0 bridgehead atoms. The first-order valence-electron chi connectivity index (χ1n) is 5.09. The highest BCUT2D eigenvalue weighted by Gasteiger charge is 2.13. The van der Waals surface area contributed by atoms with E-state index >= 15 is 0 Å². The van der Waals surface area contributed by atoms with Crippen molar-refractivity contribution in [2.24, 2.45) is 10.9 Å². The highest BCUT2D eigenvalue weighted by Crippen LogP contribution is 2.27. The molecule has 1 aromatic carbocycles. The lowest BCUT2D eigenvalue weighted by Crippen LogP contribution is -2.18. The van der Waals surface area contributed by atoms with Crippen LogP contribution in [0.4, 0.5) is 5.69 Å². The van der Waals surface area contributed by atoms with Crippen LogP contribution in [0.25, 0.3) is 0 Å². The van der Waals surface area contributed by atoms with Crippen LogP contribution in [0.15, 0.2) is 23.1 Å². The number of carbonyl (C=O) groups excluding carboxylic acids is 1. The lowest BCUT2D eigenvalue weighted by molar-refractivity contribution is -0.116. The topological polar surface area (TPSA) is 125 Å². The average Bonchev–Trinajstić information content (AvgIpc) is 2.28. The zero-order valence-electron chi connectivity index (χ0n) is 9.84. The number of ether oxygens (including phenoxy) is 1. The van der Waals surface area contributed by atoms with E-state index in [1.807, 2.05) is 0 Å². The molecule has 0 spiro atoms. The predicted molar refractivity (Wildman–Crippen MR) is 66.7 cm³/mol. The maximum absolute atomic E-state index is 11.4. The van der Waals surface area contributed by atoms with E-state index < -0.39 is 10.0 Å². The standard InChI is InChI=1S/C10H15N3O4S/c1-17-9-3-2-7(18(12,15)16)6-8(9)13-10(14)4-5-11/h2-3,6H,4-5,11H2,1H3,(H,13,14)(H2,12,15,16). The largest absolute Gasteiger partial charge is 0.495 e. The molecular formula is C10H15N3O4S. The van der Waals surface area contributed by atoms with Crippen LogP contribution >= 0.6 is 0 Å². The van der Waals surface area contributed by atoms with Crippen molar-refractivity contribution in [3.8, 4) is 5.75 Å². The van der Waals surface area contributed by atoms with Crippen molar-refractivity contribution in [1.29, 1.82) is 0 Å². The van der Waals surface area contributed by atoms with E-state index in [0.717, 1.165) is 0 Å². The molecule has 7 nitrogen and oxygen atoms in total. The maximum Gasteiger partial charge on any atom is 0.238 e. The molecule has 0 aliphatic heterocycles. The molecule has 100 valence electrons. The molecule has 0 aromatic heterocycles. The summed E-state index contributed by atoms with van der Waals surface area (Å²) in [7, 11) is -2.42. The highest BCUT2D eigenvalue weighted by molar-refractivity contribution is 7.89. The van der Waals surface area contributed by atoms with Gasteiger partial charge in [0.15, 0.2) is 0 Å². The maximum atomic E-state index is 11.4. The molecular weight excluding hydrogens is 258 g/mol. The number of nitrogens with one attached hydrogen (secondary N) is 1. The summed E-state index contributed by atoms with van der Waals surface area (Å²) in [5.41, 5.74) is 5.48. The first-order chi connectivity index (χ1) is 8.38. The number of primary sulfonamides is 1. The molecule has 8 heteroatoms. The van der Waals surface area contributed by atoms with Crippen molar-refractivity contribution in [3.63, 3.8) is 0 Å². The fraction of sp³-hybridized carbons (Fsp3) is 0.300. The normalized spacial score (nSPS) is 11.1. The second-order valence-electron chi connectivity index (χ2n) is 3.49. The van der Waals surface area contributed by atoms with E-state index in [1.54, 1.807) is 0 Å². The summed E-state index contributed by atoms with van der Waals surface area (Å²) in [6.07, 6.45) is 0.128. The summed E-state index contributed by atoms with van der Waals surface area (Å²) in [5, 5.41) is 7.52. The summed E-state index contributed by atoms with van der Waals surface area (Å²) < 4.78 is 27.4. The molecule has 0 radical (unpaired) electrons. The second-order valence-corrected chi connectivity index (χ2v) is 5.06. The third-order valence-corrected chi connectivity index (χ3v) is 3.06. The first kappa shape index (κ1) is 14.4. The number of sulfonamides is 1. The number of anilines is 1. The van der Waals surface area contributed by atoms with Gasteiger partial charge in [-0.05, 0) is 18.2 Å². The molecule has 0 saturated heterocycles. The van der Waals surface area contributed by atoms with Gasteiger partial charge < -0.3 is 15.8 Å². The van der Waals surface area contributed by atoms with Crippen molar-refractivity contribution in [1.82, 2.24) is 0 Å². The summed E-state index contributed by atoms with van der Waals surface area (Å²) >= 11 is 0. The molecule has 0 fully saturated rings. The second kappa shape index (κ2) is 5.80. The van der Waals surface area contributed by atoms with E-state index in [9.17, 15) is 13.2 Å².